The van der Waals surface area contributed by atoms with Gasteiger partial charge in [0.2, 0.25) is 5.91 Å². The van der Waals surface area contributed by atoms with Crippen molar-refractivity contribution in [1.82, 2.24) is 16.0 Å². The fourth-order valence-electron chi connectivity index (χ4n) is 2.00. The van der Waals surface area contributed by atoms with Crippen molar-refractivity contribution in [2.45, 2.75) is 26.7 Å². The molecule has 142 valence electrons. The number of nitrogens with one attached hydrogen (secondary N) is 3. The van der Waals surface area contributed by atoms with Crippen LogP contribution in [0.2, 0.25) is 0 Å². The number of benzene rings is 1. The van der Waals surface area contributed by atoms with Gasteiger partial charge in [0.25, 0.3) is 0 Å². The second kappa shape index (κ2) is 13.3. The lowest BCUT2D eigenvalue weighted by molar-refractivity contribution is -0.123. The molecule has 25 heavy (non-hydrogen) atoms. The van der Waals surface area contributed by atoms with E-state index in [1.54, 1.807) is 13.1 Å². The molecule has 0 atom stereocenters. The summed E-state index contributed by atoms with van der Waals surface area (Å²) in [5.74, 6) is 0.510. The second-order valence-corrected chi connectivity index (χ2v) is 6.63. The Morgan fingerprint density at radius 1 is 1.20 bits per heavy atom. The van der Waals surface area contributed by atoms with Crippen molar-refractivity contribution >= 4 is 51.8 Å². The monoisotopic (exact) mass is 528 g/mol. The molecule has 1 aromatic rings. The summed E-state index contributed by atoms with van der Waals surface area (Å²) in [7, 11) is 1.69. The molecule has 8 heteroatoms. The number of rotatable bonds is 8. The number of hydrogen-bond acceptors (Lipinski definition) is 2. The molecule has 0 saturated carbocycles. The molecule has 5 nitrogen and oxygen atoms in total. The maximum absolute atomic E-state index is 13.7. The third-order valence-corrected chi connectivity index (χ3v) is 3.89. The third-order valence-electron chi connectivity index (χ3n) is 3.40. The Hall–Kier alpha value is -0.900. The lowest BCUT2D eigenvalue weighted by atomic mass is 10.1. The van der Waals surface area contributed by atoms with Crippen molar-refractivity contribution in [3.63, 3.8) is 0 Å². The molecule has 0 saturated heterocycles. The minimum absolute atomic E-state index is 0. The molecular formula is C17H27BrFIN4O. The van der Waals surface area contributed by atoms with E-state index in [1.807, 2.05) is 19.9 Å². The highest BCUT2D eigenvalue weighted by Crippen LogP contribution is 2.16. The highest BCUT2D eigenvalue weighted by molar-refractivity contribution is 14.0. The molecule has 0 aliphatic heterocycles. The first-order valence-electron chi connectivity index (χ1n) is 8.10. The normalized spacial score (nSPS) is 11.0. The van der Waals surface area contributed by atoms with Crippen LogP contribution in [0.4, 0.5) is 4.39 Å². The van der Waals surface area contributed by atoms with Crippen LogP contribution >= 0.6 is 39.9 Å². The molecule has 0 unspecified atom stereocenters. The van der Waals surface area contributed by atoms with Crippen LogP contribution in [0, 0.1) is 11.7 Å². The number of nitrogens with zero attached hydrogens (tertiary/aromatic N) is 1. The first-order valence-corrected chi connectivity index (χ1v) is 8.89. The number of carbonyl (C=O) groups is 1. The van der Waals surface area contributed by atoms with E-state index in [0.29, 0.717) is 37.6 Å². The van der Waals surface area contributed by atoms with Crippen LogP contribution in [0.3, 0.4) is 0 Å². The van der Waals surface area contributed by atoms with E-state index in [0.717, 1.165) is 10.9 Å². The van der Waals surface area contributed by atoms with Crippen molar-refractivity contribution in [3.8, 4) is 0 Å². The topological polar surface area (TPSA) is 65.5 Å². The molecule has 0 radical (unpaired) electrons. The van der Waals surface area contributed by atoms with Gasteiger partial charge in [0.1, 0.15) is 5.82 Å². The summed E-state index contributed by atoms with van der Waals surface area (Å²) in [5, 5.41) is 9.13. The maximum Gasteiger partial charge on any atom is 0.222 e. The van der Waals surface area contributed by atoms with Crippen molar-refractivity contribution in [3.05, 3.63) is 34.1 Å². The number of amides is 1. The number of halogens is 3. The fourth-order valence-corrected chi connectivity index (χ4v) is 2.33. The molecule has 0 fully saturated rings. The largest absolute Gasteiger partial charge is 0.356 e. The van der Waals surface area contributed by atoms with E-state index in [-0.39, 0.29) is 41.6 Å². The Kier molecular flexibility index (Phi) is 12.8. The minimum Gasteiger partial charge on any atom is -0.356 e. The Balaban J connectivity index is 0.00000576. The number of guanidine groups is 1. The van der Waals surface area contributed by atoms with E-state index in [9.17, 15) is 9.18 Å². The Bertz CT molecular complexity index is 570. The Labute approximate surface area is 174 Å². The molecule has 0 aliphatic rings. The van der Waals surface area contributed by atoms with Crippen LogP contribution < -0.4 is 16.0 Å². The van der Waals surface area contributed by atoms with Gasteiger partial charge >= 0.3 is 0 Å². The van der Waals surface area contributed by atoms with Gasteiger partial charge in [-0.2, -0.15) is 0 Å². The van der Waals surface area contributed by atoms with Crippen molar-refractivity contribution in [1.29, 1.82) is 0 Å². The molecule has 1 aromatic carbocycles. The van der Waals surface area contributed by atoms with Crippen molar-refractivity contribution in [2.75, 3.05) is 26.7 Å². The summed E-state index contributed by atoms with van der Waals surface area (Å²) in [6.07, 6.45) is 1.46. The molecule has 0 aliphatic carbocycles. The maximum atomic E-state index is 13.7. The van der Waals surface area contributed by atoms with Gasteiger partial charge in [-0.1, -0.05) is 35.8 Å². The van der Waals surface area contributed by atoms with Gasteiger partial charge in [-0.15, -0.1) is 24.0 Å². The molecule has 0 spiro atoms. The summed E-state index contributed by atoms with van der Waals surface area (Å²) < 4.78 is 14.5. The summed E-state index contributed by atoms with van der Waals surface area (Å²) in [6.45, 7) is 5.55. The lowest BCUT2D eigenvalue weighted by Crippen LogP contribution is -2.42. The number of aliphatic imine (C=N–C) groups is 1. The number of hydrogen-bond donors (Lipinski definition) is 3. The number of aryl methyl sites for hydroxylation is 1. The van der Waals surface area contributed by atoms with E-state index in [4.69, 9.17) is 0 Å². The molecule has 3 N–H and O–H groups in total. The Morgan fingerprint density at radius 2 is 1.84 bits per heavy atom. The minimum atomic E-state index is -0.187. The smallest absolute Gasteiger partial charge is 0.222 e. The first kappa shape index (κ1) is 24.1. The van der Waals surface area contributed by atoms with Crippen LogP contribution in [-0.4, -0.2) is 38.5 Å². The second-order valence-electron chi connectivity index (χ2n) is 5.71. The van der Waals surface area contributed by atoms with Crippen LogP contribution in [0.5, 0.6) is 0 Å². The van der Waals surface area contributed by atoms with Gasteiger partial charge in [0.05, 0.1) is 0 Å². The van der Waals surface area contributed by atoms with Gasteiger partial charge in [-0.05, 0) is 30.5 Å². The van der Waals surface area contributed by atoms with Crippen LogP contribution in [0.25, 0.3) is 0 Å². The highest BCUT2D eigenvalue weighted by atomic mass is 127. The molecular weight excluding hydrogens is 502 g/mol. The van der Waals surface area contributed by atoms with Gasteiger partial charge in [-0.25, -0.2) is 4.39 Å². The van der Waals surface area contributed by atoms with E-state index >= 15 is 0 Å². The lowest BCUT2D eigenvalue weighted by Gasteiger charge is -2.13. The van der Waals surface area contributed by atoms with Gasteiger partial charge < -0.3 is 16.0 Å². The molecule has 1 amide bonds. The predicted molar refractivity (Wildman–Crippen MR) is 115 cm³/mol. The Morgan fingerprint density at radius 3 is 2.44 bits per heavy atom. The highest BCUT2D eigenvalue weighted by Gasteiger charge is 2.05. The van der Waals surface area contributed by atoms with Gasteiger partial charge in [-0.3, -0.25) is 9.79 Å². The van der Waals surface area contributed by atoms with Crippen LogP contribution in [0.1, 0.15) is 25.8 Å². The number of carbonyl (C=O) groups excluding carboxylic acids is 1. The predicted octanol–water partition coefficient (Wildman–Crippen LogP) is 3.08. The average molecular weight is 529 g/mol. The molecule has 0 aromatic heterocycles. The third kappa shape index (κ3) is 9.98. The van der Waals surface area contributed by atoms with Crippen LogP contribution in [0.15, 0.2) is 27.7 Å². The zero-order valence-electron chi connectivity index (χ0n) is 14.9. The summed E-state index contributed by atoms with van der Waals surface area (Å²) >= 11 is 3.25. The van der Waals surface area contributed by atoms with Crippen molar-refractivity contribution < 1.29 is 9.18 Å². The van der Waals surface area contributed by atoms with E-state index < -0.39 is 0 Å². The quantitative estimate of drug-likeness (QED) is 0.210. The average Bonchev–Trinajstić information content (AvgIpc) is 2.54. The van der Waals surface area contributed by atoms with Crippen LogP contribution in [-0.2, 0) is 11.2 Å². The molecule has 0 bridgehead atoms. The van der Waals surface area contributed by atoms with Gasteiger partial charge in [0.15, 0.2) is 5.96 Å². The fraction of sp³-hybridized carbons (Fsp3) is 0.529. The standard InChI is InChI=1S/C17H26BrFN4O.HI/c1-12(2)16(24)21-9-10-23-17(20-3)22-8-4-5-13-6-7-14(18)11-15(13)19;/h6-7,11-12H,4-5,8-10H2,1-3H3,(H,21,24)(H2,20,22,23);1H. The summed E-state index contributed by atoms with van der Waals surface area (Å²) in [4.78, 5) is 15.5. The SMILES string of the molecule is CN=C(NCCCc1ccc(Br)cc1F)NCCNC(=O)C(C)C.I. The zero-order chi connectivity index (χ0) is 17.9. The summed E-state index contributed by atoms with van der Waals surface area (Å²) in [6, 6.07) is 5.12. The van der Waals surface area contributed by atoms with Crippen molar-refractivity contribution in [2.24, 2.45) is 10.9 Å². The molecule has 0 heterocycles. The molecule has 1 rings (SSSR count). The summed E-state index contributed by atoms with van der Waals surface area (Å²) in [5.41, 5.74) is 0.708. The van der Waals surface area contributed by atoms with E-state index in [1.165, 1.54) is 6.07 Å². The first-order chi connectivity index (χ1) is 11.4. The zero-order valence-corrected chi connectivity index (χ0v) is 18.8. The van der Waals surface area contributed by atoms with Gasteiger partial charge in [0, 0.05) is 37.1 Å². The van der Waals surface area contributed by atoms with E-state index in [2.05, 4.69) is 36.9 Å².